The molecule has 1 fully saturated rings. The van der Waals surface area contributed by atoms with Crippen molar-refractivity contribution in [3.8, 4) is 5.75 Å². The van der Waals surface area contributed by atoms with Gasteiger partial charge in [-0.1, -0.05) is 17.7 Å². The van der Waals surface area contributed by atoms with E-state index in [1.165, 1.54) is 16.9 Å². The first kappa shape index (κ1) is 22.7. The SMILES string of the molecule is COc1ccc(N2CCN(c3ccc(CNC(=O)C(C)=C(C)C)cc3C)CC2C)cc1. The van der Waals surface area contributed by atoms with E-state index in [4.69, 9.17) is 4.74 Å². The Morgan fingerprint density at radius 2 is 1.81 bits per heavy atom. The first-order valence-electron chi connectivity index (χ1n) is 11.0. The van der Waals surface area contributed by atoms with Gasteiger partial charge in [-0.25, -0.2) is 0 Å². The third-order valence-electron chi connectivity index (χ3n) is 6.18. The zero-order valence-corrected chi connectivity index (χ0v) is 19.7. The third kappa shape index (κ3) is 5.40. The van der Waals surface area contributed by atoms with Gasteiger partial charge in [0.05, 0.1) is 7.11 Å². The number of allylic oxidation sites excluding steroid dienone is 1. The molecule has 1 heterocycles. The van der Waals surface area contributed by atoms with Crippen LogP contribution in [0.3, 0.4) is 0 Å². The summed E-state index contributed by atoms with van der Waals surface area (Å²) in [6.45, 7) is 13.7. The quantitative estimate of drug-likeness (QED) is 0.687. The topological polar surface area (TPSA) is 44.8 Å². The van der Waals surface area contributed by atoms with Crippen molar-refractivity contribution < 1.29 is 9.53 Å². The lowest BCUT2D eigenvalue weighted by Gasteiger charge is -2.43. The number of carbonyl (C=O) groups excluding carboxylic acids is 1. The molecule has 0 radical (unpaired) electrons. The van der Waals surface area contributed by atoms with Gasteiger partial charge in [0.2, 0.25) is 5.91 Å². The molecule has 0 saturated carbocycles. The van der Waals surface area contributed by atoms with Crippen LogP contribution in [0.25, 0.3) is 0 Å². The Labute approximate surface area is 186 Å². The Bertz CT molecular complexity index is 946. The van der Waals surface area contributed by atoms with E-state index < -0.39 is 0 Å². The van der Waals surface area contributed by atoms with Crippen LogP contribution in [0.5, 0.6) is 5.75 Å². The molecule has 3 rings (SSSR count). The molecule has 5 heteroatoms. The highest BCUT2D eigenvalue weighted by Crippen LogP contribution is 2.28. The summed E-state index contributed by atoms with van der Waals surface area (Å²) in [5, 5.41) is 3.02. The molecule has 2 aromatic carbocycles. The van der Waals surface area contributed by atoms with Gasteiger partial charge >= 0.3 is 0 Å². The number of carbonyl (C=O) groups is 1. The molecule has 1 N–H and O–H groups in total. The summed E-state index contributed by atoms with van der Waals surface area (Å²) in [5.74, 6) is 0.892. The predicted octanol–water partition coefficient (Wildman–Crippen LogP) is 4.69. The number of nitrogens with one attached hydrogen (secondary N) is 1. The van der Waals surface area contributed by atoms with Gasteiger partial charge in [-0.3, -0.25) is 4.79 Å². The lowest BCUT2D eigenvalue weighted by Crippen LogP contribution is -2.52. The summed E-state index contributed by atoms with van der Waals surface area (Å²) in [7, 11) is 1.70. The van der Waals surface area contributed by atoms with E-state index in [0.29, 0.717) is 12.6 Å². The summed E-state index contributed by atoms with van der Waals surface area (Å²) >= 11 is 0. The van der Waals surface area contributed by atoms with Gasteiger partial charge in [0, 0.05) is 49.2 Å². The van der Waals surface area contributed by atoms with Crippen LogP contribution in [0, 0.1) is 6.92 Å². The van der Waals surface area contributed by atoms with Crippen LogP contribution in [0.15, 0.2) is 53.6 Å². The maximum Gasteiger partial charge on any atom is 0.247 e. The van der Waals surface area contributed by atoms with Crippen molar-refractivity contribution in [1.82, 2.24) is 5.32 Å². The van der Waals surface area contributed by atoms with Gasteiger partial charge in [0.15, 0.2) is 0 Å². The van der Waals surface area contributed by atoms with Crippen molar-refractivity contribution in [3.05, 3.63) is 64.7 Å². The van der Waals surface area contributed by atoms with E-state index in [-0.39, 0.29) is 5.91 Å². The highest BCUT2D eigenvalue weighted by atomic mass is 16.5. The Kier molecular flexibility index (Phi) is 7.26. The van der Waals surface area contributed by atoms with E-state index >= 15 is 0 Å². The van der Waals surface area contributed by atoms with Crippen molar-refractivity contribution in [2.24, 2.45) is 0 Å². The minimum Gasteiger partial charge on any atom is -0.497 e. The van der Waals surface area contributed by atoms with E-state index in [9.17, 15) is 4.79 Å². The number of nitrogens with zero attached hydrogens (tertiary/aromatic N) is 2. The van der Waals surface area contributed by atoms with Crippen LogP contribution in [-0.2, 0) is 11.3 Å². The van der Waals surface area contributed by atoms with Gasteiger partial charge in [-0.05, 0) is 76.1 Å². The molecule has 166 valence electrons. The summed E-state index contributed by atoms with van der Waals surface area (Å²) in [4.78, 5) is 17.1. The largest absolute Gasteiger partial charge is 0.497 e. The lowest BCUT2D eigenvalue weighted by atomic mass is 10.1. The standard InChI is InChI=1S/C26H35N3O2/c1-18(2)21(5)26(30)27-16-22-7-12-25(19(3)15-22)28-13-14-29(20(4)17-28)23-8-10-24(31-6)11-9-23/h7-12,15,20H,13-14,16-17H2,1-6H3,(H,27,30). The average Bonchev–Trinajstić information content (AvgIpc) is 2.77. The number of piperazine rings is 1. The van der Waals surface area contributed by atoms with Crippen LogP contribution in [-0.4, -0.2) is 38.7 Å². The van der Waals surface area contributed by atoms with E-state index in [0.717, 1.165) is 42.1 Å². The highest BCUT2D eigenvalue weighted by Gasteiger charge is 2.25. The van der Waals surface area contributed by atoms with Crippen molar-refractivity contribution in [2.45, 2.75) is 47.2 Å². The molecule has 0 aromatic heterocycles. The van der Waals surface area contributed by atoms with E-state index in [1.54, 1.807) is 7.11 Å². The van der Waals surface area contributed by atoms with Crippen molar-refractivity contribution >= 4 is 17.3 Å². The van der Waals surface area contributed by atoms with Gasteiger partial charge < -0.3 is 19.9 Å². The normalized spacial score (nSPS) is 16.1. The molecule has 0 aliphatic carbocycles. The molecule has 1 atom stereocenters. The zero-order valence-electron chi connectivity index (χ0n) is 19.7. The van der Waals surface area contributed by atoms with Crippen LogP contribution in [0.2, 0.25) is 0 Å². The molecule has 0 bridgehead atoms. The second kappa shape index (κ2) is 9.90. The second-order valence-corrected chi connectivity index (χ2v) is 8.61. The number of benzene rings is 2. The molecule has 1 aliphatic heterocycles. The van der Waals surface area contributed by atoms with Gasteiger partial charge in [-0.2, -0.15) is 0 Å². The fraction of sp³-hybridized carbons (Fsp3) is 0.423. The molecular weight excluding hydrogens is 386 g/mol. The smallest absolute Gasteiger partial charge is 0.247 e. The van der Waals surface area contributed by atoms with Crippen LogP contribution >= 0.6 is 0 Å². The van der Waals surface area contributed by atoms with E-state index in [2.05, 4.69) is 59.3 Å². The number of amides is 1. The number of rotatable bonds is 6. The minimum absolute atomic E-state index is 0.00482. The van der Waals surface area contributed by atoms with E-state index in [1.807, 2.05) is 32.9 Å². The zero-order chi connectivity index (χ0) is 22.5. The molecule has 5 nitrogen and oxygen atoms in total. The first-order chi connectivity index (χ1) is 14.8. The predicted molar refractivity (Wildman–Crippen MR) is 129 cm³/mol. The summed E-state index contributed by atoms with van der Waals surface area (Å²) < 4.78 is 5.28. The summed E-state index contributed by atoms with van der Waals surface area (Å²) in [6, 6.07) is 15.2. The third-order valence-corrected chi connectivity index (χ3v) is 6.18. The monoisotopic (exact) mass is 421 g/mol. The van der Waals surface area contributed by atoms with Crippen molar-refractivity contribution in [1.29, 1.82) is 0 Å². The number of methoxy groups -OCH3 is 1. The van der Waals surface area contributed by atoms with Gasteiger partial charge in [-0.15, -0.1) is 0 Å². The highest BCUT2D eigenvalue weighted by molar-refractivity contribution is 5.93. The number of hydrogen-bond donors (Lipinski definition) is 1. The summed E-state index contributed by atoms with van der Waals surface area (Å²) in [5.41, 5.74) is 6.72. The van der Waals surface area contributed by atoms with Crippen LogP contribution in [0.4, 0.5) is 11.4 Å². The molecule has 1 aliphatic rings. The fourth-order valence-electron chi connectivity index (χ4n) is 4.06. The van der Waals surface area contributed by atoms with Crippen LogP contribution in [0.1, 0.15) is 38.8 Å². The van der Waals surface area contributed by atoms with Gasteiger partial charge in [0.1, 0.15) is 5.75 Å². The second-order valence-electron chi connectivity index (χ2n) is 8.61. The maximum absolute atomic E-state index is 12.2. The first-order valence-corrected chi connectivity index (χ1v) is 11.0. The fourth-order valence-corrected chi connectivity index (χ4v) is 4.06. The maximum atomic E-state index is 12.2. The Morgan fingerprint density at radius 1 is 1.10 bits per heavy atom. The lowest BCUT2D eigenvalue weighted by molar-refractivity contribution is -0.117. The number of anilines is 2. The minimum atomic E-state index is 0.00482. The van der Waals surface area contributed by atoms with Crippen molar-refractivity contribution in [3.63, 3.8) is 0 Å². The molecular formula is C26H35N3O2. The number of aryl methyl sites for hydroxylation is 1. The Morgan fingerprint density at radius 3 is 2.39 bits per heavy atom. The number of hydrogen-bond acceptors (Lipinski definition) is 4. The Balaban J connectivity index is 1.63. The molecule has 0 spiro atoms. The molecule has 1 unspecified atom stereocenters. The molecule has 2 aromatic rings. The Hall–Kier alpha value is -2.95. The number of ether oxygens (including phenoxy) is 1. The van der Waals surface area contributed by atoms with Gasteiger partial charge in [0.25, 0.3) is 0 Å². The molecule has 31 heavy (non-hydrogen) atoms. The molecule has 1 saturated heterocycles. The van der Waals surface area contributed by atoms with Crippen LogP contribution < -0.4 is 19.9 Å². The van der Waals surface area contributed by atoms with Crippen molar-refractivity contribution in [2.75, 3.05) is 36.5 Å². The summed E-state index contributed by atoms with van der Waals surface area (Å²) in [6.07, 6.45) is 0. The average molecular weight is 422 g/mol. The molecule has 1 amide bonds.